The standard InChI is InChI=1S/C17H18F3N7O3S/c1-4-30-26-14(21)11-8-23-16(31(28,29)22-2)13(24-11)15-25-10-7-9(17(18,19)20)5-6-12(10)27(15)3/h5-8,22H,4H2,1-3H3,(H2,21,26). The summed E-state index contributed by atoms with van der Waals surface area (Å²) in [6, 6.07) is 3.00. The molecule has 0 unspecified atom stereocenters. The van der Waals surface area contributed by atoms with Crippen molar-refractivity contribution in [3.63, 3.8) is 0 Å². The Morgan fingerprint density at radius 2 is 2.00 bits per heavy atom. The minimum absolute atomic E-state index is 0.00477. The first-order valence-corrected chi connectivity index (χ1v) is 10.3. The summed E-state index contributed by atoms with van der Waals surface area (Å²) in [5.74, 6) is -0.330. The molecule has 2 heterocycles. The maximum Gasteiger partial charge on any atom is 0.416 e. The van der Waals surface area contributed by atoms with E-state index in [0.717, 1.165) is 18.3 Å². The Morgan fingerprint density at radius 1 is 1.29 bits per heavy atom. The second-order valence-corrected chi connectivity index (χ2v) is 8.02. The molecule has 0 spiro atoms. The monoisotopic (exact) mass is 457 g/mol. The lowest BCUT2D eigenvalue weighted by atomic mass is 10.2. The van der Waals surface area contributed by atoms with Gasteiger partial charge in [0, 0.05) is 7.05 Å². The SMILES string of the molecule is CCONC(=N)c1cnc(S(=O)(=O)NC)c(-c2nc3cc(C(F)(F)F)ccc3n2C)n1. The van der Waals surface area contributed by atoms with Crippen molar-refractivity contribution >= 4 is 26.9 Å². The molecule has 0 aliphatic rings. The van der Waals surface area contributed by atoms with Crippen LogP contribution in [-0.2, 0) is 28.1 Å². The van der Waals surface area contributed by atoms with Crippen LogP contribution in [0.2, 0.25) is 0 Å². The van der Waals surface area contributed by atoms with E-state index in [4.69, 9.17) is 10.2 Å². The average Bonchev–Trinajstić information content (AvgIpc) is 3.06. The highest BCUT2D eigenvalue weighted by atomic mass is 32.2. The summed E-state index contributed by atoms with van der Waals surface area (Å²) >= 11 is 0. The number of aryl methyl sites for hydroxylation is 1. The quantitative estimate of drug-likeness (QED) is 0.292. The van der Waals surface area contributed by atoms with Gasteiger partial charge >= 0.3 is 6.18 Å². The number of nitrogens with one attached hydrogen (secondary N) is 3. The maximum atomic E-state index is 13.1. The molecule has 1 aromatic carbocycles. The first-order chi connectivity index (χ1) is 14.5. The van der Waals surface area contributed by atoms with E-state index < -0.39 is 26.8 Å². The Morgan fingerprint density at radius 3 is 2.61 bits per heavy atom. The largest absolute Gasteiger partial charge is 0.416 e. The van der Waals surface area contributed by atoms with Crippen LogP contribution in [0.1, 0.15) is 18.2 Å². The summed E-state index contributed by atoms with van der Waals surface area (Å²) in [5.41, 5.74) is 1.47. The number of nitrogens with zero attached hydrogens (tertiary/aromatic N) is 4. The third kappa shape index (κ3) is 4.35. The predicted octanol–water partition coefficient (Wildman–Crippen LogP) is 1.82. The van der Waals surface area contributed by atoms with E-state index >= 15 is 0 Å². The van der Waals surface area contributed by atoms with Gasteiger partial charge in [0.2, 0.25) is 0 Å². The van der Waals surface area contributed by atoms with Crippen molar-refractivity contribution < 1.29 is 26.4 Å². The van der Waals surface area contributed by atoms with E-state index in [0.29, 0.717) is 5.52 Å². The number of rotatable bonds is 6. The fourth-order valence-corrected chi connectivity index (χ4v) is 3.50. The van der Waals surface area contributed by atoms with Crippen LogP contribution in [0.4, 0.5) is 13.2 Å². The molecule has 0 atom stereocenters. The van der Waals surface area contributed by atoms with Gasteiger partial charge in [-0.2, -0.15) is 13.2 Å². The number of fused-ring (bicyclic) bond motifs is 1. The van der Waals surface area contributed by atoms with Gasteiger partial charge in [-0.25, -0.2) is 33.6 Å². The van der Waals surface area contributed by atoms with Crippen LogP contribution >= 0.6 is 0 Å². The zero-order valence-corrected chi connectivity index (χ0v) is 17.4. The molecule has 0 radical (unpaired) electrons. The molecule has 166 valence electrons. The van der Waals surface area contributed by atoms with Crippen LogP contribution in [0.15, 0.2) is 29.4 Å². The zero-order chi connectivity index (χ0) is 23.0. The van der Waals surface area contributed by atoms with E-state index in [1.54, 1.807) is 6.92 Å². The molecule has 0 bridgehead atoms. The van der Waals surface area contributed by atoms with Crippen molar-refractivity contribution in [3.05, 3.63) is 35.7 Å². The van der Waals surface area contributed by atoms with Gasteiger partial charge < -0.3 is 4.57 Å². The van der Waals surface area contributed by atoms with E-state index in [1.807, 2.05) is 0 Å². The molecule has 0 aliphatic carbocycles. The first kappa shape index (κ1) is 22.6. The summed E-state index contributed by atoms with van der Waals surface area (Å²) in [6.45, 7) is 1.94. The van der Waals surface area contributed by atoms with Crippen molar-refractivity contribution in [2.24, 2.45) is 7.05 Å². The highest BCUT2D eigenvalue weighted by Gasteiger charge is 2.32. The summed E-state index contributed by atoms with van der Waals surface area (Å²) in [7, 11) is -1.42. The molecule has 31 heavy (non-hydrogen) atoms. The Hall–Kier alpha value is -3.10. The third-order valence-corrected chi connectivity index (χ3v) is 5.60. The lowest BCUT2D eigenvalue weighted by Gasteiger charge is -2.11. The van der Waals surface area contributed by atoms with Gasteiger partial charge in [0.15, 0.2) is 16.7 Å². The summed E-state index contributed by atoms with van der Waals surface area (Å²) in [4.78, 5) is 17.2. The molecule has 0 aliphatic heterocycles. The molecule has 3 aromatic rings. The summed E-state index contributed by atoms with van der Waals surface area (Å²) in [5, 5.41) is 7.48. The van der Waals surface area contributed by atoms with Crippen molar-refractivity contribution in [1.82, 2.24) is 29.7 Å². The molecule has 0 amide bonds. The molecule has 2 aromatic heterocycles. The number of hydrogen-bond acceptors (Lipinski definition) is 7. The Balaban J connectivity index is 2.25. The molecule has 0 saturated carbocycles. The minimum Gasteiger partial charge on any atom is -0.326 e. The molecule has 10 nitrogen and oxygen atoms in total. The zero-order valence-electron chi connectivity index (χ0n) is 16.6. The van der Waals surface area contributed by atoms with Gasteiger partial charge in [-0.1, -0.05) is 0 Å². The van der Waals surface area contributed by atoms with Crippen LogP contribution in [0.5, 0.6) is 0 Å². The Kier molecular flexibility index (Phi) is 5.98. The Bertz CT molecular complexity index is 1260. The van der Waals surface area contributed by atoms with Crippen molar-refractivity contribution in [2.75, 3.05) is 13.7 Å². The van der Waals surface area contributed by atoms with E-state index in [-0.39, 0.29) is 35.2 Å². The minimum atomic E-state index is -4.56. The summed E-state index contributed by atoms with van der Waals surface area (Å²) < 4.78 is 67.7. The summed E-state index contributed by atoms with van der Waals surface area (Å²) in [6.07, 6.45) is -3.50. The third-order valence-electron chi connectivity index (χ3n) is 4.26. The fourth-order valence-electron chi connectivity index (χ4n) is 2.72. The van der Waals surface area contributed by atoms with Crippen LogP contribution in [0, 0.1) is 5.41 Å². The van der Waals surface area contributed by atoms with Gasteiger partial charge in [-0.15, -0.1) is 0 Å². The number of imidazole rings is 1. The van der Waals surface area contributed by atoms with E-state index in [1.165, 1.54) is 24.7 Å². The van der Waals surface area contributed by atoms with Gasteiger partial charge in [0.05, 0.1) is 29.4 Å². The maximum absolute atomic E-state index is 13.1. The normalized spacial score (nSPS) is 12.3. The van der Waals surface area contributed by atoms with Crippen molar-refractivity contribution in [2.45, 2.75) is 18.1 Å². The lowest BCUT2D eigenvalue weighted by molar-refractivity contribution is -0.137. The van der Waals surface area contributed by atoms with Gasteiger partial charge in [0.1, 0.15) is 11.4 Å². The van der Waals surface area contributed by atoms with Crippen molar-refractivity contribution in [3.8, 4) is 11.5 Å². The van der Waals surface area contributed by atoms with Gasteiger partial charge in [0.25, 0.3) is 10.0 Å². The number of hydrogen-bond donors (Lipinski definition) is 3. The molecule has 3 rings (SSSR count). The second-order valence-electron chi connectivity index (χ2n) is 6.22. The van der Waals surface area contributed by atoms with Crippen molar-refractivity contribution in [1.29, 1.82) is 5.41 Å². The number of sulfonamides is 1. The highest BCUT2D eigenvalue weighted by Crippen LogP contribution is 2.33. The molecule has 0 fully saturated rings. The molecule has 0 saturated heterocycles. The highest BCUT2D eigenvalue weighted by molar-refractivity contribution is 7.89. The number of aromatic nitrogens is 4. The second kappa shape index (κ2) is 8.20. The van der Waals surface area contributed by atoms with Gasteiger partial charge in [-0.3, -0.25) is 10.2 Å². The fraction of sp³-hybridized carbons (Fsp3) is 0.294. The van der Waals surface area contributed by atoms with Gasteiger partial charge in [-0.05, 0) is 32.2 Å². The van der Waals surface area contributed by atoms with E-state index in [2.05, 4.69) is 25.2 Å². The van der Waals surface area contributed by atoms with Crippen LogP contribution in [-0.4, -0.2) is 47.4 Å². The predicted molar refractivity (Wildman–Crippen MR) is 105 cm³/mol. The molecular weight excluding hydrogens is 439 g/mol. The van der Waals surface area contributed by atoms with Crippen LogP contribution in [0.3, 0.4) is 0 Å². The molecule has 3 N–H and O–H groups in total. The number of benzene rings is 1. The first-order valence-electron chi connectivity index (χ1n) is 8.81. The van der Waals surface area contributed by atoms with Crippen LogP contribution < -0.4 is 10.2 Å². The average molecular weight is 457 g/mol. The van der Waals surface area contributed by atoms with Crippen LogP contribution in [0.25, 0.3) is 22.6 Å². The lowest BCUT2D eigenvalue weighted by Crippen LogP contribution is -2.27. The number of alkyl halides is 3. The smallest absolute Gasteiger partial charge is 0.326 e. The number of amidine groups is 1. The number of hydroxylamine groups is 1. The molecule has 14 heteroatoms. The number of halogens is 3. The topological polar surface area (TPSA) is 135 Å². The van der Waals surface area contributed by atoms with E-state index in [9.17, 15) is 21.6 Å². The molecular formula is C17H18F3N7O3S. The Labute approximate surface area is 175 Å².